The first kappa shape index (κ1) is 19.7. The molecule has 3 aromatic carbocycles. The molecule has 0 fully saturated rings. The van der Waals surface area contributed by atoms with Gasteiger partial charge in [-0.05, 0) is 42.3 Å². The number of ether oxygens (including phenoxy) is 1. The minimum absolute atomic E-state index is 0.210. The standard InChI is InChI=1S/C25H20N4O3/c1-3-16-12-14-17(15-13-16)29-25(30)19-9-5-4-8-18(19)22(27-29)24-26-23(28-32-24)20-10-6-7-11-21(20)31-2/h4-15H,3H2,1-2H3. The highest BCUT2D eigenvalue weighted by Gasteiger charge is 2.20. The number of aromatic nitrogens is 4. The van der Waals surface area contributed by atoms with Crippen molar-refractivity contribution in [3.63, 3.8) is 0 Å². The van der Waals surface area contributed by atoms with Gasteiger partial charge in [0.2, 0.25) is 5.82 Å². The Labute approximate surface area is 183 Å². The van der Waals surface area contributed by atoms with Crippen molar-refractivity contribution in [3.05, 3.63) is 88.7 Å². The Morgan fingerprint density at radius 2 is 1.66 bits per heavy atom. The van der Waals surface area contributed by atoms with Gasteiger partial charge in [-0.25, -0.2) is 0 Å². The molecule has 0 aliphatic rings. The van der Waals surface area contributed by atoms with E-state index in [-0.39, 0.29) is 11.4 Å². The zero-order valence-electron chi connectivity index (χ0n) is 17.6. The van der Waals surface area contributed by atoms with Crippen LogP contribution in [0, 0.1) is 0 Å². The van der Waals surface area contributed by atoms with Crippen LogP contribution in [0.25, 0.3) is 39.4 Å². The Morgan fingerprint density at radius 3 is 2.41 bits per heavy atom. The lowest BCUT2D eigenvalue weighted by Gasteiger charge is -2.09. The lowest BCUT2D eigenvalue weighted by molar-refractivity contribution is 0.413. The predicted molar refractivity (Wildman–Crippen MR) is 122 cm³/mol. The van der Waals surface area contributed by atoms with Gasteiger partial charge < -0.3 is 9.26 Å². The van der Waals surface area contributed by atoms with E-state index in [2.05, 4.69) is 22.2 Å². The topological polar surface area (TPSA) is 83.0 Å². The highest BCUT2D eigenvalue weighted by molar-refractivity contribution is 5.92. The number of rotatable bonds is 5. The number of methoxy groups -OCH3 is 1. The maximum atomic E-state index is 13.2. The van der Waals surface area contributed by atoms with Crippen LogP contribution >= 0.6 is 0 Å². The molecule has 0 unspecified atom stereocenters. The number of hydrogen-bond acceptors (Lipinski definition) is 6. The Hall–Kier alpha value is -4.26. The Bertz CT molecular complexity index is 1470. The van der Waals surface area contributed by atoms with Gasteiger partial charge in [0.15, 0.2) is 5.69 Å². The van der Waals surface area contributed by atoms with Crippen molar-refractivity contribution in [2.45, 2.75) is 13.3 Å². The summed E-state index contributed by atoms with van der Waals surface area (Å²) >= 11 is 0. The van der Waals surface area contributed by atoms with Crippen molar-refractivity contribution in [3.8, 4) is 34.4 Å². The van der Waals surface area contributed by atoms with Crippen LogP contribution in [-0.4, -0.2) is 27.0 Å². The van der Waals surface area contributed by atoms with Crippen LogP contribution in [0.4, 0.5) is 0 Å². The molecule has 0 saturated carbocycles. The molecule has 2 aromatic heterocycles. The third kappa shape index (κ3) is 3.33. The van der Waals surface area contributed by atoms with Crippen molar-refractivity contribution in [2.24, 2.45) is 0 Å². The summed E-state index contributed by atoms with van der Waals surface area (Å²) < 4.78 is 12.4. The van der Waals surface area contributed by atoms with E-state index in [0.717, 1.165) is 6.42 Å². The van der Waals surface area contributed by atoms with E-state index in [1.807, 2.05) is 66.7 Å². The summed E-state index contributed by atoms with van der Waals surface area (Å²) in [6, 6.07) is 22.5. The first-order valence-corrected chi connectivity index (χ1v) is 10.3. The molecule has 0 bridgehead atoms. The third-order valence-electron chi connectivity index (χ3n) is 5.37. The summed E-state index contributed by atoms with van der Waals surface area (Å²) in [6.45, 7) is 2.09. The molecule has 0 N–H and O–H groups in total. The van der Waals surface area contributed by atoms with Crippen LogP contribution in [0.5, 0.6) is 5.75 Å². The maximum Gasteiger partial charge on any atom is 0.279 e. The quantitative estimate of drug-likeness (QED) is 0.408. The van der Waals surface area contributed by atoms with Crippen LogP contribution < -0.4 is 10.3 Å². The molecular formula is C25H20N4O3. The van der Waals surface area contributed by atoms with Crippen LogP contribution in [0.3, 0.4) is 0 Å². The summed E-state index contributed by atoms with van der Waals surface area (Å²) in [6.07, 6.45) is 0.916. The van der Waals surface area contributed by atoms with Crippen molar-refractivity contribution in [2.75, 3.05) is 7.11 Å². The fraction of sp³-hybridized carbons (Fsp3) is 0.120. The smallest absolute Gasteiger partial charge is 0.279 e. The molecule has 5 aromatic rings. The Balaban J connectivity index is 1.70. The fourth-order valence-electron chi connectivity index (χ4n) is 3.65. The van der Waals surface area contributed by atoms with Crippen LogP contribution in [0.2, 0.25) is 0 Å². The van der Waals surface area contributed by atoms with E-state index in [9.17, 15) is 4.79 Å². The van der Waals surface area contributed by atoms with Gasteiger partial charge in [0.05, 0.1) is 23.7 Å². The molecule has 5 rings (SSSR count). The van der Waals surface area contributed by atoms with Gasteiger partial charge in [0.1, 0.15) is 5.75 Å². The van der Waals surface area contributed by atoms with Gasteiger partial charge in [-0.3, -0.25) is 4.79 Å². The monoisotopic (exact) mass is 424 g/mol. The van der Waals surface area contributed by atoms with Gasteiger partial charge in [-0.2, -0.15) is 14.8 Å². The molecule has 0 amide bonds. The third-order valence-corrected chi connectivity index (χ3v) is 5.37. The Morgan fingerprint density at radius 1 is 0.938 bits per heavy atom. The van der Waals surface area contributed by atoms with E-state index in [4.69, 9.17) is 9.26 Å². The van der Waals surface area contributed by atoms with Crippen LogP contribution in [0.1, 0.15) is 12.5 Å². The SMILES string of the molecule is CCc1ccc(-n2nc(-c3nc(-c4ccccc4OC)no3)c3ccccc3c2=O)cc1. The molecule has 0 radical (unpaired) electrons. The average Bonchev–Trinajstić information content (AvgIpc) is 3.34. The number of hydrogen-bond donors (Lipinski definition) is 0. The molecular weight excluding hydrogens is 404 g/mol. The zero-order chi connectivity index (χ0) is 22.1. The molecule has 32 heavy (non-hydrogen) atoms. The van der Waals surface area contributed by atoms with E-state index in [0.29, 0.717) is 39.3 Å². The van der Waals surface area contributed by atoms with Crippen LogP contribution in [0.15, 0.2) is 82.1 Å². The van der Waals surface area contributed by atoms with Gasteiger partial charge in [-0.1, -0.05) is 54.5 Å². The summed E-state index contributed by atoms with van der Waals surface area (Å²) in [5, 5.41) is 9.92. The van der Waals surface area contributed by atoms with E-state index >= 15 is 0 Å². The fourth-order valence-corrected chi connectivity index (χ4v) is 3.65. The molecule has 0 aliphatic carbocycles. The van der Waals surface area contributed by atoms with Gasteiger partial charge in [-0.15, -0.1) is 0 Å². The number of fused-ring (bicyclic) bond motifs is 1. The first-order chi connectivity index (χ1) is 15.7. The average molecular weight is 424 g/mol. The number of aryl methyl sites for hydroxylation is 1. The van der Waals surface area contributed by atoms with Crippen molar-refractivity contribution in [1.82, 2.24) is 19.9 Å². The largest absolute Gasteiger partial charge is 0.496 e. The normalized spacial score (nSPS) is 11.1. The summed E-state index contributed by atoms with van der Waals surface area (Å²) in [4.78, 5) is 17.8. The minimum atomic E-state index is -0.210. The molecule has 158 valence electrons. The van der Waals surface area contributed by atoms with E-state index in [1.54, 1.807) is 13.2 Å². The minimum Gasteiger partial charge on any atom is -0.496 e. The number of nitrogens with zero attached hydrogens (tertiary/aromatic N) is 4. The highest BCUT2D eigenvalue weighted by atomic mass is 16.5. The lowest BCUT2D eigenvalue weighted by Crippen LogP contribution is -2.22. The maximum absolute atomic E-state index is 13.2. The molecule has 0 atom stereocenters. The first-order valence-electron chi connectivity index (χ1n) is 10.3. The van der Waals surface area contributed by atoms with Crippen LogP contribution in [-0.2, 0) is 6.42 Å². The summed E-state index contributed by atoms with van der Waals surface area (Å²) in [5.41, 5.74) is 2.79. The number of para-hydroxylation sites is 1. The number of benzene rings is 3. The second-order valence-corrected chi connectivity index (χ2v) is 7.25. The van der Waals surface area contributed by atoms with Gasteiger partial charge in [0.25, 0.3) is 11.4 Å². The second-order valence-electron chi connectivity index (χ2n) is 7.25. The lowest BCUT2D eigenvalue weighted by atomic mass is 10.1. The molecule has 0 saturated heterocycles. The Kier molecular flexibility index (Phi) is 4.99. The van der Waals surface area contributed by atoms with Crippen molar-refractivity contribution >= 4 is 10.8 Å². The molecule has 7 heteroatoms. The molecule has 0 aliphatic heterocycles. The zero-order valence-corrected chi connectivity index (χ0v) is 17.6. The molecule has 7 nitrogen and oxygen atoms in total. The van der Waals surface area contributed by atoms with Gasteiger partial charge in [0, 0.05) is 5.39 Å². The highest BCUT2D eigenvalue weighted by Crippen LogP contribution is 2.30. The summed E-state index contributed by atoms with van der Waals surface area (Å²) in [5.74, 6) is 1.24. The van der Waals surface area contributed by atoms with Gasteiger partial charge >= 0.3 is 0 Å². The second kappa shape index (κ2) is 8.11. The molecule has 0 spiro atoms. The van der Waals surface area contributed by atoms with E-state index < -0.39 is 0 Å². The summed E-state index contributed by atoms with van der Waals surface area (Å²) in [7, 11) is 1.59. The van der Waals surface area contributed by atoms with Crippen molar-refractivity contribution < 1.29 is 9.26 Å². The van der Waals surface area contributed by atoms with Crippen molar-refractivity contribution in [1.29, 1.82) is 0 Å². The van der Waals surface area contributed by atoms with E-state index in [1.165, 1.54) is 10.2 Å². The predicted octanol–water partition coefficient (Wildman–Crippen LogP) is 4.67. The molecule has 2 heterocycles.